The number of nitrogens with one attached hydrogen (secondary N) is 2. The fourth-order valence-corrected chi connectivity index (χ4v) is 3.42. The number of ether oxygens (including phenoxy) is 1. The number of methoxy groups -OCH3 is 1. The highest BCUT2D eigenvalue weighted by Gasteiger charge is 2.14. The zero-order chi connectivity index (χ0) is 24.1. The molecule has 0 saturated carbocycles. The average Bonchev–Trinajstić information content (AvgIpc) is 3.29. The number of aryl methyl sites for hydroxylation is 1. The fraction of sp³-hybridized carbons (Fsp3) is 0.115. The maximum absolute atomic E-state index is 13.8. The predicted octanol–water partition coefficient (Wildman–Crippen LogP) is 4.89. The summed E-state index contributed by atoms with van der Waals surface area (Å²) in [6.45, 7) is 2.41. The predicted molar refractivity (Wildman–Crippen MR) is 128 cm³/mol. The molecule has 4 rings (SSSR count). The van der Waals surface area contributed by atoms with E-state index in [1.165, 1.54) is 18.2 Å². The van der Waals surface area contributed by atoms with Crippen LogP contribution in [0.4, 0.5) is 15.8 Å². The molecular weight excluding hydrogens is 435 g/mol. The second kappa shape index (κ2) is 9.99. The van der Waals surface area contributed by atoms with E-state index < -0.39 is 11.7 Å². The molecular formula is C26H23FN4O3. The van der Waals surface area contributed by atoms with Crippen molar-refractivity contribution in [1.29, 1.82) is 0 Å². The second-order valence-corrected chi connectivity index (χ2v) is 7.72. The van der Waals surface area contributed by atoms with Crippen molar-refractivity contribution in [2.24, 2.45) is 0 Å². The molecule has 7 nitrogen and oxygen atoms in total. The summed E-state index contributed by atoms with van der Waals surface area (Å²) in [5.41, 5.74) is 3.32. The zero-order valence-electron chi connectivity index (χ0n) is 18.7. The van der Waals surface area contributed by atoms with Crippen LogP contribution in [0, 0.1) is 12.7 Å². The maximum Gasteiger partial charge on any atom is 0.275 e. The summed E-state index contributed by atoms with van der Waals surface area (Å²) < 4.78 is 20.9. The highest BCUT2D eigenvalue weighted by Crippen LogP contribution is 2.25. The number of hydrogen-bond donors (Lipinski definition) is 2. The van der Waals surface area contributed by atoms with Gasteiger partial charge in [-0.15, -0.1) is 0 Å². The summed E-state index contributed by atoms with van der Waals surface area (Å²) in [6, 6.07) is 18.5. The third-order valence-corrected chi connectivity index (χ3v) is 5.16. The van der Waals surface area contributed by atoms with Crippen LogP contribution in [0.25, 0.3) is 0 Å². The van der Waals surface area contributed by atoms with Crippen LogP contribution >= 0.6 is 0 Å². The number of hydrogen-bond acceptors (Lipinski definition) is 4. The van der Waals surface area contributed by atoms with Crippen molar-refractivity contribution in [2.45, 2.75) is 13.5 Å². The Morgan fingerprint density at radius 3 is 2.50 bits per heavy atom. The topological polar surface area (TPSA) is 85.2 Å². The van der Waals surface area contributed by atoms with Gasteiger partial charge in [-0.1, -0.05) is 30.3 Å². The van der Waals surface area contributed by atoms with Crippen LogP contribution in [0.1, 0.15) is 32.0 Å². The first kappa shape index (κ1) is 22.7. The van der Waals surface area contributed by atoms with Gasteiger partial charge in [0.15, 0.2) is 0 Å². The average molecular weight is 458 g/mol. The number of carbonyl (C=O) groups excluding carboxylic acids is 2. The molecule has 0 bridgehead atoms. The van der Waals surface area contributed by atoms with Gasteiger partial charge < -0.3 is 19.9 Å². The fourth-order valence-electron chi connectivity index (χ4n) is 3.42. The number of carbonyl (C=O) groups is 2. The lowest BCUT2D eigenvalue weighted by atomic mass is 10.1. The Balaban J connectivity index is 1.38. The Morgan fingerprint density at radius 2 is 1.76 bits per heavy atom. The number of imidazole rings is 1. The third kappa shape index (κ3) is 5.29. The molecule has 0 aliphatic carbocycles. The van der Waals surface area contributed by atoms with Gasteiger partial charge in [-0.3, -0.25) is 9.59 Å². The van der Waals surface area contributed by atoms with E-state index in [2.05, 4.69) is 15.6 Å². The molecule has 0 fully saturated rings. The van der Waals surface area contributed by atoms with E-state index >= 15 is 0 Å². The Bertz CT molecular complexity index is 1330. The third-order valence-electron chi connectivity index (χ3n) is 5.16. The van der Waals surface area contributed by atoms with Gasteiger partial charge >= 0.3 is 0 Å². The Kier molecular flexibility index (Phi) is 6.68. The molecule has 0 unspecified atom stereocenters. The number of aromatic nitrogens is 2. The van der Waals surface area contributed by atoms with Crippen molar-refractivity contribution >= 4 is 23.2 Å². The van der Waals surface area contributed by atoms with Gasteiger partial charge in [-0.25, -0.2) is 9.37 Å². The lowest BCUT2D eigenvalue weighted by molar-refractivity contribution is 0.101. The van der Waals surface area contributed by atoms with Crippen LogP contribution < -0.4 is 15.4 Å². The van der Waals surface area contributed by atoms with Gasteiger partial charge in [0.1, 0.15) is 17.3 Å². The van der Waals surface area contributed by atoms with Gasteiger partial charge in [0.25, 0.3) is 11.8 Å². The van der Waals surface area contributed by atoms with Crippen LogP contribution in [-0.2, 0) is 6.54 Å². The Hall–Kier alpha value is -4.46. The minimum absolute atomic E-state index is 0.0147. The first-order valence-corrected chi connectivity index (χ1v) is 10.6. The second-order valence-electron chi connectivity index (χ2n) is 7.72. The molecule has 0 saturated heterocycles. The van der Waals surface area contributed by atoms with E-state index in [-0.39, 0.29) is 17.2 Å². The van der Waals surface area contributed by atoms with Crippen molar-refractivity contribution < 1.29 is 18.7 Å². The summed E-state index contributed by atoms with van der Waals surface area (Å²) in [5.74, 6) is -0.854. The molecule has 1 heterocycles. The minimum atomic E-state index is -0.572. The molecule has 34 heavy (non-hydrogen) atoms. The summed E-state index contributed by atoms with van der Waals surface area (Å²) in [6.07, 6.45) is 3.24. The standard InChI is InChI=1S/C26H23FN4O3/c1-17-7-12-24(34-2)22(13-17)30-26(33)23-15-31(16-28-23)14-18-8-10-19(11-9-18)29-25(32)20-5-3-4-6-21(20)27/h3-13,15-16H,14H2,1-2H3,(H,29,32)(H,30,33). The van der Waals surface area contributed by atoms with Crippen LogP contribution in [0.3, 0.4) is 0 Å². The maximum atomic E-state index is 13.8. The number of amides is 2. The van der Waals surface area contributed by atoms with E-state index in [0.29, 0.717) is 23.7 Å². The minimum Gasteiger partial charge on any atom is -0.495 e. The van der Waals surface area contributed by atoms with Gasteiger partial charge in [0, 0.05) is 18.4 Å². The van der Waals surface area contributed by atoms with E-state index in [0.717, 1.165) is 11.1 Å². The van der Waals surface area contributed by atoms with Gasteiger partial charge in [-0.2, -0.15) is 0 Å². The van der Waals surface area contributed by atoms with Gasteiger partial charge in [0.05, 0.1) is 24.7 Å². The van der Waals surface area contributed by atoms with E-state index in [1.54, 1.807) is 48.5 Å². The highest BCUT2D eigenvalue weighted by atomic mass is 19.1. The number of nitrogens with zero attached hydrogens (tertiary/aromatic N) is 2. The molecule has 2 amide bonds. The molecule has 3 aromatic carbocycles. The van der Waals surface area contributed by atoms with Crippen LogP contribution in [-0.4, -0.2) is 28.5 Å². The largest absolute Gasteiger partial charge is 0.495 e. The lowest BCUT2D eigenvalue weighted by Crippen LogP contribution is -2.13. The molecule has 0 spiro atoms. The first-order valence-electron chi connectivity index (χ1n) is 10.6. The number of rotatable bonds is 7. The van der Waals surface area contributed by atoms with Gasteiger partial charge in [-0.05, 0) is 54.4 Å². The molecule has 0 radical (unpaired) electrons. The molecule has 8 heteroatoms. The molecule has 1 aromatic heterocycles. The summed E-state index contributed by atoms with van der Waals surface area (Å²) in [7, 11) is 1.55. The van der Waals surface area contributed by atoms with Gasteiger partial charge in [0.2, 0.25) is 0 Å². The zero-order valence-corrected chi connectivity index (χ0v) is 18.7. The van der Waals surface area contributed by atoms with Crippen molar-refractivity contribution in [2.75, 3.05) is 17.7 Å². The molecule has 0 atom stereocenters. The number of anilines is 2. The summed E-state index contributed by atoms with van der Waals surface area (Å²) in [4.78, 5) is 29.1. The Labute approximate surface area is 196 Å². The van der Waals surface area contributed by atoms with E-state index in [9.17, 15) is 14.0 Å². The molecule has 4 aromatic rings. The smallest absolute Gasteiger partial charge is 0.275 e. The quantitative estimate of drug-likeness (QED) is 0.413. The lowest BCUT2D eigenvalue weighted by Gasteiger charge is -2.10. The number of benzene rings is 3. The number of halogens is 1. The van der Waals surface area contributed by atoms with E-state index in [1.807, 2.05) is 31.2 Å². The van der Waals surface area contributed by atoms with Crippen molar-refractivity contribution in [1.82, 2.24) is 9.55 Å². The van der Waals surface area contributed by atoms with Crippen molar-refractivity contribution in [3.05, 3.63) is 107 Å². The molecule has 172 valence electrons. The van der Waals surface area contributed by atoms with Crippen LogP contribution in [0.15, 0.2) is 79.3 Å². The molecule has 2 N–H and O–H groups in total. The summed E-state index contributed by atoms with van der Waals surface area (Å²) in [5, 5.41) is 5.52. The normalized spacial score (nSPS) is 10.6. The SMILES string of the molecule is COc1ccc(C)cc1NC(=O)c1cn(Cc2ccc(NC(=O)c3ccccc3F)cc2)cn1. The van der Waals surface area contributed by atoms with Crippen molar-refractivity contribution in [3.8, 4) is 5.75 Å². The van der Waals surface area contributed by atoms with E-state index in [4.69, 9.17) is 4.74 Å². The van der Waals surface area contributed by atoms with Crippen LogP contribution in [0.5, 0.6) is 5.75 Å². The molecule has 0 aliphatic heterocycles. The highest BCUT2D eigenvalue weighted by molar-refractivity contribution is 6.04. The molecule has 0 aliphatic rings. The first-order chi connectivity index (χ1) is 16.4. The monoisotopic (exact) mass is 458 g/mol. The van der Waals surface area contributed by atoms with Crippen molar-refractivity contribution in [3.63, 3.8) is 0 Å². The summed E-state index contributed by atoms with van der Waals surface area (Å²) >= 11 is 0. The Morgan fingerprint density at radius 1 is 1.00 bits per heavy atom. The van der Waals surface area contributed by atoms with Crippen LogP contribution in [0.2, 0.25) is 0 Å².